The smallest absolute Gasteiger partial charge is 0.337 e. The maximum Gasteiger partial charge on any atom is 0.337 e. The summed E-state index contributed by atoms with van der Waals surface area (Å²) in [6.45, 7) is 0. The zero-order valence-electron chi connectivity index (χ0n) is 15.1. The number of ether oxygens (including phenoxy) is 1. The topological polar surface area (TPSA) is 112 Å². The summed E-state index contributed by atoms with van der Waals surface area (Å²) in [5.41, 5.74) is 5.27. The third kappa shape index (κ3) is 4.55. The van der Waals surface area contributed by atoms with Gasteiger partial charge in [0, 0.05) is 11.9 Å². The molecule has 1 heterocycles. The van der Waals surface area contributed by atoms with Gasteiger partial charge in [-0.25, -0.2) is 14.8 Å². The summed E-state index contributed by atoms with van der Waals surface area (Å²) < 4.78 is 4.71. The van der Waals surface area contributed by atoms with E-state index in [0.29, 0.717) is 28.3 Å². The molecule has 0 aliphatic rings. The molecular weight excluding hydrogens is 356 g/mol. The molecule has 8 heteroatoms. The van der Waals surface area contributed by atoms with E-state index in [2.05, 4.69) is 25.8 Å². The van der Waals surface area contributed by atoms with Crippen molar-refractivity contribution < 1.29 is 9.53 Å². The number of anilines is 3. The van der Waals surface area contributed by atoms with Gasteiger partial charge in [0.25, 0.3) is 0 Å². The largest absolute Gasteiger partial charge is 0.465 e. The van der Waals surface area contributed by atoms with E-state index >= 15 is 0 Å². The highest BCUT2D eigenvalue weighted by Crippen LogP contribution is 2.21. The molecule has 0 fully saturated rings. The number of para-hydroxylation sites is 1. The van der Waals surface area contributed by atoms with Gasteiger partial charge in [-0.15, -0.1) is 0 Å². The molecular formula is C20H18N6O2. The molecule has 1 aromatic heterocycles. The molecule has 0 saturated carbocycles. The molecule has 0 amide bonds. The molecule has 3 rings (SSSR count). The average Bonchev–Trinajstić information content (AvgIpc) is 2.74. The van der Waals surface area contributed by atoms with Crippen LogP contribution in [-0.2, 0) is 4.74 Å². The van der Waals surface area contributed by atoms with Gasteiger partial charge < -0.3 is 15.5 Å². The summed E-state index contributed by atoms with van der Waals surface area (Å²) in [6, 6.07) is 16.4. The second kappa shape index (κ2) is 9.04. The summed E-state index contributed by atoms with van der Waals surface area (Å²) >= 11 is 0. The normalized spacial score (nSPS) is 10.5. The van der Waals surface area contributed by atoms with Crippen molar-refractivity contribution in [3.8, 4) is 0 Å². The number of esters is 1. The monoisotopic (exact) mass is 374 g/mol. The number of carbonyl (C=O) groups is 1. The number of rotatable bonds is 7. The van der Waals surface area contributed by atoms with Crippen LogP contribution in [0.4, 0.5) is 17.3 Å². The van der Waals surface area contributed by atoms with Crippen LogP contribution in [-0.4, -0.2) is 35.5 Å². The summed E-state index contributed by atoms with van der Waals surface area (Å²) in [6.07, 6.45) is 4.08. The number of nitrogens with zero attached hydrogens (tertiary/aromatic N) is 3. The molecule has 0 saturated heterocycles. The first-order valence-corrected chi connectivity index (χ1v) is 8.36. The standard InChI is InChI=1S/C20H18N6O2/c1-28-20(27)15-7-5-6-14(10-15)12-24-26-19-17(11-21)18(22-13-23-19)25-16-8-3-2-4-9-16/h2-13,21H,1H3,(H2,22,23,25,26)/b21-11?,24-12+. The Balaban J connectivity index is 1.77. The fourth-order valence-corrected chi connectivity index (χ4v) is 2.41. The van der Waals surface area contributed by atoms with Gasteiger partial charge in [-0.1, -0.05) is 30.3 Å². The van der Waals surface area contributed by atoms with Crippen LogP contribution in [0.25, 0.3) is 0 Å². The van der Waals surface area contributed by atoms with E-state index in [0.717, 1.165) is 11.9 Å². The average molecular weight is 374 g/mol. The highest BCUT2D eigenvalue weighted by atomic mass is 16.5. The number of benzene rings is 2. The Kier molecular flexibility index (Phi) is 6.04. The van der Waals surface area contributed by atoms with Gasteiger partial charge in [-0.3, -0.25) is 5.43 Å². The number of aromatic nitrogens is 2. The first-order chi connectivity index (χ1) is 13.7. The van der Waals surface area contributed by atoms with Crippen LogP contribution in [0, 0.1) is 5.41 Å². The second-order valence-corrected chi connectivity index (χ2v) is 5.61. The predicted octanol–water partition coefficient (Wildman–Crippen LogP) is 3.45. The van der Waals surface area contributed by atoms with Crippen LogP contribution in [0.15, 0.2) is 66.0 Å². The van der Waals surface area contributed by atoms with Crippen molar-refractivity contribution in [1.29, 1.82) is 5.41 Å². The number of hydrogen-bond acceptors (Lipinski definition) is 8. The van der Waals surface area contributed by atoms with Gasteiger partial charge in [-0.2, -0.15) is 5.10 Å². The Hall–Kier alpha value is -4.07. The molecule has 0 aliphatic heterocycles. The van der Waals surface area contributed by atoms with Gasteiger partial charge in [0.05, 0.1) is 24.5 Å². The minimum atomic E-state index is -0.415. The summed E-state index contributed by atoms with van der Waals surface area (Å²) in [7, 11) is 1.33. The van der Waals surface area contributed by atoms with Crippen molar-refractivity contribution in [2.45, 2.75) is 0 Å². The fraction of sp³-hybridized carbons (Fsp3) is 0.0500. The lowest BCUT2D eigenvalue weighted by Gasteiger charge is -2.10. The molecule has 28 heavy (non-hydrogen) atoms. The zero-order chi connectivity index (χ0) is 19.8. The predicted molar refractivity (Wildman–Crippen MR) is 109 cm³/mol. The number of hydrazone groups is 1. The first kappa shape index (κ1) is 18.7. The van der Waals surface area contributed by atoms with Crippen molar-refractivity contribution >= 4 is 35.7 Å². The highest BCUT2D eigenvalue weighted by molar-refractivity contribution is 5.93. The van der Waals surface area contributed by atoms with E-state index in [1.165, 1.54) is 13.4 Å². The van der Waals surface area contributed by atoms with Crippen molar-refractivity contribution in [2.75, 3.05) is 17.9 Å². The lowest BCUT2D eigenvalue weighted by molar-refractivity contribution is 0.0600. The molecule has 0 radical (unpaired) electrons. The van der Waals surface area contributed by atoms with E-state index in [1.54, 1.807) is 30.5 Å². The van der Waals surface area contributed by atoms with Crippen LogP contribution < -0.4 is 10.7 Å². The van der Waals surface area contributed by atoms with Gasteiger partial charge >= 0.3 is 5.97 Å². The molecule has 0 unspecified atom stereocenters. The molecule has 3 aromatic rings. The quantitative estimate of drug-likeness (QED) is 0.332. The zero-order valence-corrected chi connectivity index (χ0v) is 15.1. The van der Waals surface area contributed by atoms with Gasteiger partial charge in [-0.05, 0) is 29.8 Å². The van der Waals surface area contributed by atoms with Crippen LogP contribution >= 0.6 is 0 Å². The van der Waals surface area contributed by atoms with Crippen LogP contribution in [0.2, 0.25) is 0 Å². The lowest BCUT2D eigenvalue weighted by Crippen LogP contribution is -2.05. The van der Waals surface area contributed by atoms with Crippen molar-refractivity contribution in [3.63, 3.8) is 0 Å². The van der Waals surface area contributed by atoms with Gasteiger partial charge in [0.15, 0.2) is 5.82 Å². The van der Waals surface area contributed by atoms with Crippen molar-refractivity contribution in [1.82, 2.24) is 9.97 Å². The van der Waals surface area contributed by atoms with E-state index < -0.39 is 5.97 Å². The summed E-state index contributed by atoms with van der Waals surface area (Å²) in [4.78, 5) is 19.9. The lowest BCUT2D eigenvalue weighted by atomic mass is 10.1. The van der Waals surface area contributed by atoms with E-state index in [-0.39, 0.29) is 0 Å². The number of nitrogens with one attached hydrogen (secondary N) is 3. The molecule has 140 valence electrons. The van der Waals surface area contributed by atoms with E-state index in [1.807, 2.05) is 30.3 Å². The SMILES string of the molecule is COC(=O)c1cccc(/C=N/Nc2ncnc(Nc3ccccc3)c2C=N)c1. The molecule has 8 nitrogen and oxygen atoms in total. The molecule has 0 atom stereocenters. The van der Waals surface area contributed by atoms with Gasteiger partial charge in [0.1, 0.15) is 12.1 Å². The van der Waals surface area contributed by atoms with E-state index in [9.17, 15) is 4.79 Å². The summed E-state index contributed by atoms with van der Waals surface area (Å²) in [5, 5.41) is 15.0. The number of hydrogen-bond donors (Lipinski definition) is 3. The Labute approximate surface area is 161 Å². The minimum absolute atomic E-state index is 0.379. The van der Waals surface area contributed by atoms with Gasteiger partial charge in [0.2, 0.25) is 0 Å². The van der Waals surface area contributed by atoms with Crippen LogP contribution in [0.1, 0.15) is 21.5 Å². The maximum atomic E-state index is 11.6. The minimum Gasteiger partial charge on any atom is -0.465 e. The molecule has 2 aromatic carbocycles. The maximum absolute atomic E-state index is 11.6. The number of methoxy groups -OCH3 is 1. The fourth-order valence-electron chi connectivity index (χ4n) is 2.41. The van der Waals surface area contributed by atoms with Crippen molar-refractivity contribution in [2.24, 2.45) is 5.10 Å². The molecule has 0 spiro atoms. The molecule has 0 bridgehead atoms. The third-order valence-corrected chi connectivity index (χ3v) is 3.76. The molecule has 0 aliphatic carbocycles. The Morgan fingerprint density at radius 1 is 1.11 bits per heavy atom. The van der Waals surface area contributed by atoms with Crippen molar-refractivity contribution in [3.05, 3.63) is 77.6 Å². The van der Waals surface area contributed by atoms with Crippen LogP contribution in [0.3, 0.4) is 0 Å². The first-order valence-electron chi connectivity index (χ1n) is 8.36. The molecule has 3 N–H and O–H groups in total. The Morgan fingerprint density at radius 3 is 2.64 bits per heavy atom. The Morgan fingerprint density at radius 2 is 1.89 bits per heavy atom. The highest BCUT2D eigenvalue weighted by Gasteiger charge is 2.09. The second-order valence-electron chi connectivity index (χ2n) is 5.61. The number of carbonyl (C=O) groups excluding carboxylic acids is 1. The summed E-state index contributed by atoms with van der Waals surface area (Å²) in [5.74, 6) is 0.451. The van der Waals surface area contributed by atoms with E-state index in [4.69, 9.17) is 10.1 Å². The Bertz CT molecular complexity index is 1000. The third-order valence-electron chi connectivity index (χ3n) is 3.76. The van der Waals surface area contributed by atoms with Crippen LogP contribution in [0.5, 0.6) is 0 Å².